The highest BCUT2D eigenvalue weighted by molar-refractivity contribution is 6.32. The lowest BCUT2D eigenvalue weighted by atomic mass is 10.2. The summed E-state index contributed by atoms with van der Waals surface area (Å²) in [5, 5.41) is 0.548. The van der Waals surface area contributed by atoms with E-state index in [1.807, 2.05) is 72.8 Å². The van der Waals surface area contributed by atoms with Gasteiger partial charge in [0, 0.05) is 6.07 Å². The van der Waals surface area contributed by atoms with Crippen LogP contribution in [0.1, 0.15) is 11.1 Å². The summed E-state index contributed by atoms with van der Waals surface area (Å²) < 4.78 is 11.5. The predicted molar refractivity (Wildman–Crippen MR) is 93.0 cm³/mol. The SMILES string of the molecule is Clc1cc(OCc2ccccc2)ccc1OCc1ccccc1. The minimum Gasteiger partial charge on any atom is -0.489 e. The molecule has 2 nitrogen and oxygen atoms in total. The van der Waals surface area contributed by atoms with E-state index in [9.17, 15) is 0 Å². The Balaban J connectivity index is 1.59. The van der Waals surface area contributed by atoms with Gasteiger partial charge >= 0.3 is 0 Å². The van der Waals surface area contributed by atoms with Crippen molar-refractivity contribution in [3.63, 3.8) is 0 Å². The molecular formula is C20H17ClO2. The van der Waals surface area contributed by atoms with Crippen molar-refractivity contribution >= 4 is 11.6 Å². The molecule has 0 saturated carbocycles. The van der Waals surface area contributed by atoms with Gasteiger partial charge < -0.3 is 9.47 Å². The first-order valence-corrected chi connectivity index (χ1v) is 7.82. The topological polar surface area (TPSA) is 18.5 Å². The van der Waals surface area contributed by atoms with Gasteiger partial charge in [0.2, 0.25) is 0 Å². The van der Waals surface area contributed by atoms with Crippen LogP contribution in [0.5, 0.6) is 11.5 Å². The highest BCUT2D eigenvalue weighted by Gasteiger charge is 2.05. The highest BCUT2D eigenvalue weighted by atomic mass is 35.5. The third-order valence-corrected chi connectivity index (χ3v) is 3.68. The first-order chi connectivity index (χ1) is 11.3. The quantitative estimate of drug-likeness (QED) is 0.596. The normalized spacial score (nSPS) is 10.3. The van der Waals surface area contributed by atoms with Crippen LogP contribution < -0.4 is 9.47 Å². The number of ether oxygens (including phenoxy) is 2. The standard InChI is InChI=1S/C20H17ClO2/c21-19-13-18(22-14-16-7-3-1-4-8-16)11-12-20(19)23-15-17-9-5-2-6-10-17/h1-13H,14-15H2. The summed E-state index contributed by atoms with van der Waals surface area (Å²) in [6, 6.07) is 25.5. The summed E-state index contributed by atoms with van der Waals surface area (Å²) in [6.07, 6.45) is 0. The van der Waals surface area contributed by atoms with Crippen LogP contribution in [-0.2, 0) is 13.2 Å². The van der Waals surface area contributed by atoms with E-state index < -0.39 is 0 Å². The molecule has 0 amide bonds. The van der Waals surface area contributed by atoms with Crippen molar-refractivity contribution in [2.75, 3.05) is 0 Å². The van der Waals surface area contributed by atoms with Crippen LogP contribution in [0, 0.1) is 0 Å². The smallest absolute Gasteiger partial charge is 0.138 e. The third kappa shape index (κ3) is 4.51. The van der Waals surface area contributed by atoms with Gasteiger partial charge in [0.15, 0.2) is 0 Å². The molecule has 0 bridgehead atoms. The second kappa shape index (κ2) is 7.70. The van der Waals surface area contributed by atoms with Gasteiger partial charge in [0.1, 0.15) is 24.7 Å². The van der Waals surface area contributed by atoms with E-state index in [1.165, 1.54) is 0 Å². The fraction of sp³-hybridized carbons (Fsp3) is 0.100. The third-order valence-electron chi connectivity index (χ3n) is 3.39. The van der Waals surface area contributed by atoms with Crippen LogP contribution in [-0.4, -0.2) is 0 Å². The maximum atomic E-state index is 6.27. The zero-order chi connectivity index (χ0) is 15.9. The van der Waals surface area contributed by atoms with Gasteiger partial charge in [-0.15, -0.1) is 0 Å². The molecular weight excluding hydrogens is 308 g/mol. The first-order valence-electron chi connectivity index (χ1n) is 7.44. The fourth-order valence-electron chi connectivity index (χ4n) is 2.16. The predicted octanol–water partition coefficient (Wildman–Crippen LogP) is 5.50. The molecule has 0 radical (unpaired) electrons. The summed E-state index contributed by atoms with van der Waals surface area (Å²) in [5.74, 6) is 1.38. The molecule has 3 aromatic rings. The Morgan fingerprint density at radius 1 is 0.652 bits per heavy atom. The Kier molecular flexibility index (Phi) is 5.17. The Morgan fingerprint density at radius 2 is 1.22 bits per heavy atom. The maximum Gasteiger partial charge on any atom is 0.138 e. The van der Waals surface area contributed by atoms with Crippen molar-refractivity contribution in [1.82, 2.24) is 0 Å². The van der Waals surface area contributed by atoms with Crippen molar-refractivity contribution in [3.05, 3.63) is 95.0 Å². The van der Waals surface area contributed by atoms with Gasteiger partial charge in [-0.25, -0.2) is 0 Å². The number of halogens is 1. The number of rotatable bonds is 6. The Labute approximate surface area is 141 Å². The van der Waals surface area contributed by atoms with Crippen molar-refractivity contribution < 1.29 is 9.47 Å². The minimum atomic E-state index is 0.491. The Bertz CT molecular complexity index is 742. The second-order valence-corrected chi connectivity index (χ2v) is 5.55. The molecule has 0 fully saturated rings. The second-order valence-electron chi connectivity index (χ2n) is 5.14. The molecule has 3 aromatic carbocycles. The van der Waals surface area contributed by atoms with E-state index >= 15 is 0 Å². The lowest BCUT2D eigenvalue weighted by Gasteiger charge is -2.11. The van der Waals surface area contributed by atoms with Crippen LogP contribution in [0.25, 0.3) is 0 Å². The molecule has 0 aliphatic carbocycles. The largest absolute Gasteiger partial charge is 0.489 e. The van der Waals surface area contributed by atoms with Gasteiger partial charge in [0.25, 0.3) is 0 Å². The minimum absolute atomic E-state index is 0.491. The Morgan fingerprint density at radius 3 is 1.78 bits per heavy atom. The monoisotopic (exact) mass is 324 g/mol. The zero-order valence-electron chi connectivity index (χ0n) is 12.6. The molecule has 0 heterocycles. The van der Waals surface area contributed by atoms with Gasteiger partial charge in [-0.2, -0.15) is 0 Å². The van der Waals surface area contributed by atoms with E-state index in [4.69, 9.17) is 21.1 Å². The van der Waals surface area contributed by atoms with E-state index in [0.717, 1.165) is 16.9 Å². The van der Waals surface area contributed by atoms with E-state index in [0.29, 0.717) is 24.0 Å². The Hall–Kier alpha value is -2.45. The molecule has 0 saturated heterocycles. The summed E-state index contributed by atoms with van der Waals surface area (Å²) in [6.45, 7) is 1.01. The van der Waals surface area contributed by atoms with Crippen molar-refractivity contribution in [2.24, 2.45) is 0 Å². The molecule has 116 valence electrons. The molecule has 0 atom stereocenters. The lowest BCUT2D eigenvalue weighted by molar-refractivity contribution is 0.297. The molecule has 0 aromatic heterocycles. The summed E-state index contributed by atoms with van der Waals surface area (Å²) >= 11 is 6.27. The number of hydrogen-bond acceptors (Lipinski definition) is 2. The van der Waals surface area contributed by atoms with Gasteiger partial charge in [-0.1, -0.05) is 72.3 Å². The van der Waals surface area contributed by atoms with Crippen LogP contribution in [0.2, 0.25) is 5.02 Å². The van der Waals surface area contributed by atoms with E-state index in [-0.39, 0.29) is 0 Å². The molecule has 23 heavy (non-hydrogen) atoms. The molecule has 0 aliphatic heterocycles. The summed E-state index contributed by atoms with van der Waals surface area (Å²) in [7, 11) is 0. The molecule has 3 heteroatoms. The number of benzene rings is 3. The van der Waals surface area contributed by atoms with E-state index in [2.05, 4.69) is 0 Å². The van der Waals surface area contributed by atoms with Crippen molar-refractivity contribution in [1.29, 1.82) is 0 Å². The van der Waals surface area contributed by atoms with Crippen molar-refractivity contribution in [2.45, 2.75) is 13.2 Å². The maximum absolute atomic E-state index is 6.27. The average Bonchev–Trinajstić information content (AvgIpc) is 2.61. The van der Waals surface area contributed by atoms with Gasteiger partial charge in [-0.05, 0) is 23.3 Å². The van der Waals surface area contributed by atoms with E-state index in [1.54, 1.807) is 6.07 Å². The molecule has 0 N–H and O–H groups in total. The summed E-state index contributed by atoms with van der Waals surface area (Å²) in [5.41, 5.74) is 2.22. The molecule has 0 unspecified atom stereocenters. The van der Waals surface area contributed by atoms with Crippen LogP contribution >= 0.6 is 11.6 Å². The van der Waals surface area contributed by atoms with Crippen molar-refractivity contribution in [3.8, 4) is 11.5 Å². The average molecular weight is 325 g/mol. The number of hydrogen-bond donors (Lipinski definition) is 0. The molecule has 0 spiro atoms. The lowest BCUT2D eigenvalue weighted by Crippen LogP contribution is -1.97. The van der Waals surface area contributed by atoms with Gasteiger partial charge in [0.05, 0.1) is 5.02 Å². The summed E-state index contributed by atoms with van der Waals surface area (Å²) in [4.78, 5) is 0. The van der Waals surface area contributed by atoms with Crippen LogP contribution in [0.15, 0.2) is 78.9 Å². The molecule has 3 rings (SSSR count). The van der Waals surface area contributed by atoms with Crippen LogP contribution in [0.4, 0.5) is 0 Å². The molecule has 0 aliphatic rings. The highest BCUT2D eigenvalue weighted by Crippen LogP contribution is 2.29. The van der Waals surface area contributed by atoms with Crippen LogP contribution in [0.3, 0.4) is 0 Å². The first kappa shape index (κ1) is 15.4. The fourth-order valence-corrected chi connectivity index (χ4v) is 2.39. The zero-order valence-corrected chi connectivity index (χ0v) is 13.4. The van der Waals surface area contributed by atoms with Gasteiger partial charge in [-0.3, -0.25) is 0 Å².